The van der Waals surface area contributed by atoms with E-state index in [4.69, 9.17) is 16.3 Å². The van der Waals surface area contributed by atoms with Crippen molar-refractivity contribution in [3.63, 3.8) is 0 Å². The maximum atomic E-state index is 13.3. The Bertz CT molecular complexity index is 937. The number of hydrogen-bond donors (Lipinski definition) is 1. The molecular formula is C17H11ClFN3O. The van der Waals surface area contributed by atoms with Crippen molar-refractivity contribution in [3.8, 4) is 11.8 Å². The van der Waals surface area contributed by atoms with Crippen LogP contribution in [0.4, 0.5) is 15.8 Å². The Morgan fingerprint density at radius 3 is 2.83 bits per heavy atom. The van der Waals surface area contributed by atoms with Gasteiger partial charge in [0.25, 0.3) is 0 Å². The van der Waals surface area contributed by atoms with Crippen LogP contribution in [0.1, 0.15) is 5.56 Å². The second kappa shape index (κ2) is 6.11. The molecule has 114 valence electrons. The minimum absolute atomic E-state index is 0.00412. The number of nitrogens with one attached hydrogen (secondary N) is 1. The van der Waals surface area contributed by atoms with E-state index in [1.807, 2.05) is 12.1 Å². The number of anilines is 2. The standard InChI is InChI=1S/C17H11ClFN3O/c1-23-15-4-2-3-12-16(10(8-20)9-21-17(12)15)22-11-5-6-14(19)13(18)7-11/h2-7,9H,1H3,(H,21,22). The summed E-state index contributed by atoms with van der Waals surface area (Å²) in [7, 11) is 1.56. The monoisotopic (exact) mass is 327 g/mol. The molecule has 0 aliphatic carbocycles. The molecule has 0 amide bonds. The number of nitrogens with zero attached hydrogens (tertiary/aromatic N) is 2. The van der Waals surface area contributed by atoms with Crippen LogP contribution in [0.25, 0.3) is 10.9 Å². The first-order chi connectivity index (χ1) is 11.1. The summed E-state index contributed by atoms with van der Waals surface area (Å²) in [6, 6.07) is 11.8. The number of benzene rings is 2. The van der Waals surface area contributed by atoms with E-state index in [2.05, 4.69) is 16.4 Å². The third-order valence-electron chi connectivity index (χ3n) is 3.39. The summed E-state index contributed by atoms with van der Waals surface area (Å²) in [6.45, 7) is 0. The Hall–Kier alpha value is -2.84. The van der Waals surface area contributed by atoms with Crippen LogP contribution in [-0.2, 0) is 0 Å². The Morgan fingerprint density at radius 2 is 2.13 bits per heavy atom. The Morgan fingerprint density at radius 1 is 1.30 bits per heavy atom. The lowest BCUT2D eigenvalue weighted by Gasteiger charge is -2.13. The normalized spacial score (nSPS) is 10.3. The van der Waals surface area contributed by atoms with Crippen molar-refractivity contribution in [3.05, 3.63) is 59.0 Å². The van der Waals surface area contributed by atoms with Gasteiger partial charge in [-0.25, -0.2) is 4.39 Å². The fourth-order valence-corrected chi connectivity index (χ4v) is 2.48. The van der Waals surface area contributed by atoms with Crippen LogP contribution in [0.15, 0.2) is 42.6 Å². The van der Waals surface area contributed by atoms with Gasteiger partial charge in [-0.2, -0.15) is 5.26 Å². The van der Waals surface area contributed by atoms with Crippen LogP contribution in [-0.4, -0.2) is 12.1 Å². The quantitative estimate of drug-likeness (QED) is 0.760. The van der Waals surface area contributed by atoms with Crippen LogP contribution >= 0.6 is 11.6 Å². The van der Waals surface area contributed by atoms with Crippen LogP contribution in [0.3, 0.4) is 0 Å². The number of aromatic nitrogens is 1. The zero-order valence-corrected chi connectivity index (χ0v) is 12.9. The molecule has 0 saturated carbocycles. The number of ether oxygens (including phenoxy) is 1. The third-order valence-corrected chi connectivity index (χ3v) is 3.68. The van der Waals surface area contributed by atoms with Gasteiger partial charge in [0, 0.05) is 17.3 Å². The molecule has 1 N–H and O–H groups in total. The van der Waals surface area contributed by atoms with E-state index in [-0.39, 0.29) is 5.02 Å². The number of methoxy groups -OCH3 is 1. The van der Waals surface area contributed by atoms with E-state index in [9.17, 15) is 9.65 Å². The maximum absolute atomic E-state index is 13.3. The molecule has 0 fully saturated rings. The zero-order valence-electron chi connectivity index (χ0n) is 12.1. The number of fused-ring (bicyclic) bond motifs is 1. The summed E-state index contributed by atoms with van der Waals surface area (Å²) in [6.07, 6.45) is 1.47. The minimum atomic E-state index is -0.501. The van der Waals surface area contributed by atoms with Gasteiger partial charge >= 0.3 is 0 Å². The molecule has 0 spiro atoms. The van der Waals surface area contributed by atoms with Crippen molar-refractivity contribution in [2.75, 3.05) is 12.4 Å². The summed E-state index contributed by atoms with van der Waals surface area (Å²) in [5.41, 5.74) is 2.14. The van der Waals surface area contributed by atoms with Gasteiger partial charge in [0.05, 0.1) is 23.4 Å². The predicted molar refractivity (Wildman–Crippen MR) is 87.7 cm³/mol. The van der Waals surface area contributed by atoms with Crippen LogP contribution in [0.5, 0.6) is 5.75 Å². The molecule has 4 nitrogen and oxygen atoms in total. The lowest BCUT2D eigenvalue weighted by Crippen LogP contribution is -1.98. The molecule has 0 aliphatic heterocycles. The molecule has 1 aromatic heterocycles. The predicted octanol–water partition coefficient (Wildman–Crippen LogP) is 4.65. The van der Waals surface area contributed by atoms with E-state index < -0.39 is 5.82 Å². The molecule has 1 heterocycles. The van der Waals surface area contributed by atoms with Crippen molar-refractivity contribution in [2.24, 2.45) is 0 Å². The van der Waals surface area contributed by atoms with Gasteiger partial charge in [0.15, 0.2) is 0 Å². The maximum Gasteiger partial charge on any atom is 0.145 e. The summed E-state index contributed by atoms with van der Waals surface area (Å²) in [4.78, 5) is 4.28. The average molecular weight is 328 g/mol. The fourth-order valence-electron chi connectivity index (χ4n) is 2.30. The highest BCUT2D eigenvalue weighted by Gasteiger charge is 2.12. The molecule has 2 aromatic carbocycles. The lowest BCUT2D eigenvalue weighted by molar-refractivity contribution is 0.419. The smallest absolute Gasteiger partial charge is 0.145 e. The first-order valence-corrected chi connectivity index (χ1v) is 7.09. The Labute approximate surface area is 137 Å². The molecule has 0 radical (unpaired) electrons. The van der Waals surface area contributed by atoms with Gasteiger partial charge in [0.1, 0.15) is 23.2 Å². The molecular weight excluding hydrogens is 317 g/mol. The molecule has 0 saturated heterocycles. The largest absolute Gasteiger partial charge is 0.494 e. The van der Waals surface area contributed by atoms with E-state index in [0.717, 1.165) is 5.39 Å². The molecule has 3 aromatic rings. The second-order valence-corrected chi connectivity index (χ2v) is 5.18. The fraction of sp³-hybridized carbons (Fsp3) is 0.0588. The number of nitriles is 1. The topological polar surface area (TPSA) is 57.9 Å². The number of hydrogen-bond acceptors (Lipinski definition) is 4. The number of halogens is 2. The van der Waals surface area contributed by atoms with Crippen molar-refractivity contribution in [1.29, 1.82) is 5.26 Å². The SMILES string of the molecule is COc1cccc2c(Nc3ccc(F)c(Cl)c3)c(C#N)cnc12. The highest BCUT2D eigenvalue weighted by atomic mass is 35.5. The Balaban J connectivity index is 2.18. The lowest BCUT2D eigenvalue weighted by atomic mass is 10.1. The first kappa shape index (κ1) is 15.1. The number of pyridine rings is 1. The van der Waals surface area contributed by atoms with E-state index >= 15 is 0 Å². The summed E-state index contributed by atoms with van der Waals surface area (Å²) in [5, 5.41) is 13.2. The van der Waals surface area contributed by atoms with Crippen molar-refractivity contribution >= 4 is 33.9 Å². The average Bonchev–Trinajstić information content (AvgIpc) is 2.57. The van der Waals surface area contributed by atoms with Crippen LogP contribution in [0.2, 0.25) is 5.02 Å². The van der Waals surface area contributed by atoms with Gasteiger partial charge in [-0.15, -0.1) is 0 Å². The molecule has 0 unspecified atom stereocenters. The molecule has 0 bridgehead atoms. The van der Waals surface area contributed by atoms with Gasteiger partial charge in [-0.3, -0.25) is 4.98 Å². The van der Waals surface area contributed by atoms with E-state index in [1.165, 1.54) is 18.3 Å². The van der Waals surface area contributed by atoms with Crippen LogP contribution in [0, 0.1) is 17.1 Å². The van der Waals surface area contributed by atoms with Gasteiger partial charge in [-0.05, 0) is 24.3 Å². The molecule has 3 rings (SSSR count). The molecule has 0 aliphatic rings. The molecule has 23 heavy (non-hydrogen) atoms. The van der Waals surface area contributed by atoms with Crippen molar-refractivity contribution in [1.82, 2.24) is 4.98 Å². The van der Waals surface area contributed by atoms with Crippen molar-refractivity contribution < 1.29 is 9.13 Å². The van der Waals surface area contributed by atoms with Crippen LogP contribution < -0.4 is 10.1 Å². The third kappa shape index (κ3) is 2.77. The minimum Gasteiger partial charge on any atom is -0.494 e. The van der Waals surface area contributed by atoms with Gasteiger partial charge in [-0.1, -0.05) is 23.7 Å². The van der Waals surface area contributed by atoms with Crippen molar-refractivity contribution in [2.45, 2.75) is 0 Å². The summed E-state index contributed by atoms with van der Waals surface area (Å²) < 4.78 is 18.6. The number of rotatable bonds is 3. The Kier molecular flexibility index (Phi) is 4.00. The van der Waals surface area contributed by atoms with Gasteiger partial charge in [0.2, 0.25) is 0 Å². The zero-order chi connectivity index (χ0) is 16.4. The number of para-hydroxylation sites is 1. The summed E-state index contributed by atoms with van der Waals surface area (Å²) in [5.74, 6) is 0.103. The van der Waals surface area contributed by atoms with Gasteiger partial charge < -0.3 is 10.1 Å². The van der Waals surface area contributed by atoms with E-state index in [0.29, 0.717) is 28.2 Å². The summed E-state index contributed by atoms with van der Waals surface area (Å²) >= 11 is 5.81. The highest BCUT2D eigenvalue weighted by Crippen LogP contribution is 2.33. The second-order valence-electron chi connectivity index (χ2n) is 4.77. The molecule has 6 heteroatoms. The van der Waals surface area contributed by atoms with E-state index in [1.54, 1.807) is 19.2 Å². The first-order valence-electron chi connectivity index (χ1n) is 6.72. The molecule has 0 atom stereocenters. The highest BCUT2D eigenvalue weighted by molar-refractivity contribution is 6.31.